The highest BCUT2D eigenvalue weighted by molar-refractivity contribution is 6.31. The quantitative estimate of drug-likeness (QED) is 0.251. The van der Waals surface area contributed by atoms with E-state index in [0.29, 0.717) is 24.3 Å². The van der Waals surface area contributed by atoms with Gasteiger partial charge in [-0.2, -0.15) is 0 Å². The Morgan fingerprint density at radius 2 is 1.69 bits per heavy atom. The predicted octanol–water partition coefficient (Wildman–Crippen LogP) is 6.53. The highest BCUT2D eigenvalue weighted by atomic mass is 35.5. The number of benzene rings is 3. The van der Waals surface area contributed by atoms with Crippen molar-refractivity contribution in [1.29, 1.82) is 0 Å². The molecule has 3 aromatic carbocycles. The highest BCUT2D eigenvalue weighted by Gasteiger charge is 2.68. The van der Waals surface area contributed by atoms with Crippen LogP contribution in [0.15, 0.2) is 84.1 Å². The number of hydrogen-bond acceptors (Lipinski definition) is 6. The van der Waals surface area contributed by atoms with E-state index in [1.165, 1.54) is 23.1 Å². The van der Waals surface area contributed by atoms with E-state index in [2.05, 4.69) is 0 Å². The average molecular weight is 667 g/mol. The maximum Gasteiger partial charge on any atom is 0.241 e. The van der Waals surface area contributed by atoms with Crippen LogP contribution in [0.2, 0.25) is 5.02 Å². The number of nitrogens with zero attached hydrogens (tertiary/aromatic N) is 2. The van der Waals surface area contributed by atoms with Crippen molar-refractivity contribution in [2.75, 3.05) is 9.80 Å². The zero-order chi connectivity index (χ0) is 33.6. The number of phenols is 1. The van der Waals surface area contributed by atoms with Gasteiger partial charge in [-0.05, 0) is 91.8 Å². The number of amides is 4. The van der Waals surface area contributed by atoms with Crippen LogP contribution in [0.25, 0.3) is 0 Å². The van der Waals surface area contributed by atoms with Crippen LogP contribution in [0.5, 0.6) is 11.5 Å². The summed E-state index contributed by atoms with van der Waals surface area (Å²) in [6.07, 6.45) is 5.25. The van der Waals surface area contributed by atoms with E-state index in [9.17, 15) is 28.7 Å². The van der Waals surface area contributed by atoms with Crippen LogP contribution in [0.3, 0.4) is 0 Å². The molecule has 3 aromatic rings. The zero-order valence-electron chi connectivity index (χ0n) is 26.3. The summed E-state index contributed by atoms with van der Waals surface area (Å²) >= 11 is 6.10. The lowest BCUT2D eigenvalue weighted by molar-refractivity contribution is -0.132. The molecular weight excluding hydrogens is 635 g/mol. The van der Waals surface area contributed by atoms with Crippen molar-refractivity contribution in [3.63, 3.8) is 0 Å². The summed E-state index contributed by atoms with van der Waals surface area (Å²) in [5.74, 6) is -4.86. The number of hydrogen-bond donors (Lipinski definition) is 1. The number of fused-ring (bicyclic) bond motifs is 5. The van der Waals surface area contributed by atoms with Crippen molar-refractivity contribution < 1.29 is 33.4 Å². The molecule has 3 aliphatic heterocycles. The van der Waals surface area contributed by atoms with Gasteiger partial charge >= 0.3 is 0 Å². The topological polar surface area (TPSA) is 104 Å². The molecule has 8 nitrogen and oxygen atoms in total. The van der Waals surface area contributed by atoms with E-state index < -0.39 is 52.6 Å². The highest BCUT2D eigenvalue weighted by Crippen LogP contribution is 2.63. The number of carbonyl (C=O) groups is 4. The van der Waals surface area contributed by atoms with Crippen molar-refractivity contribution in [2.24, 2.45) is 35.0 Å². The summed E-state index contributed by atoms with van der Waals surface area (Å²) in [4.78, 5) is 59.6. The number of anilines is 2. The molecule has 2 saturated heterocycles. The molecule has 8 rings (SSSR count). The Labute approximate surface area is 281 Å². The fraction of sp³-hybridized carbons (Fsp3) is 0.316. The van der Waals surface area contributed by atoms with Crippen molar-refractivity contribution in [3.05, 3.63) is 106 Å². The van der Waals surface area contributed by atoms with Gasteiger partial charge < -0.3 is 9.84 Å². The number of allylic oxidation sites excluding steroid dienone is 3. The van der Waals surface area contributed by atoms with Gasteiger partial charge in [-0.1, -0.05) is 42.3 Å². The van der Waals surface area contributed by atoms with E-state index in [-0.39, 0.29) is 34.7 Å². The Morgan fingerprint density at radius 1 is 0.938 bits per heavy atom. The second kappa shape index (κ2) is 10.9. The van der Waals surface area contributed by atoms with Crippen molar-refractivity contribution >= 4 is 46.6 Å². The van der Waals surface area contributed by atoms with Crippen LogP contribution >= 0.6 is 11.6 Å². The minimum absolute atomic E-state index is 0.0672. The molecule has 5 aliphatic rings. The van der Waals surface area contributed by atoms with Gasteiger partial charge in [0.1, 0.15) is 17.3 Å². The molecule has 244 valence electrons. The standard InChI is InChI=1S/C38H32ClFN2O6/c1-3-19-4-6-22(7-5-19)41-34(44)26-11-10-25-27(32(26)36(41)46)17-28-35(45)42(23-8-12-30(40)29(39)16-23)37(47)38(28,2)33(25)21-14-20-15-24(43)9-13-31(20)48-18-21/h4-10,12-13,15-16,18,26-28,32-33,43H,3,11,14,17H2,1-2H3/t26-,27+,28-,32-,33-,38+/m0/s1. The molecule has 48 heavy (non-hydrogen) atoms. The van der Waals surface area contributed by atoms with Gasteiger partial charge in [0.25, 0.3) is 0 Å². The average Bonchev–Trinajstić information content (AvgIpc) is 3.45. The number of rotatable bonds is 4. The van der Waals surface area contributed by atoms with Gasteiger partial charge in [0.15, 0.2) is 0 Å². The maximum absolute atomic E-state index is 14.6. The SMILES string of the molecule is CCc1ccc(N2C(=O)[C@H]3[C@H](CC=C4[C@H](C5=COc6ccc(O)cc6C5)[C@]5(C)C(=O)N(c6ccc(F)c(Cl)c6)C(=O)[C@@H]5C[C@H]43)C2=O)cc1. The molecule has 0 radical (unpaired) electrons. The monoisotopic (exact) mass is 666 g/mol. The van der Waals surface area contributed by atoms with E-state index >= 15 is 0 Å². The van der Waals surface area contributed by atoms with Crippen molar-refractivity contribution in [3.8, 4) is 11.5 Å². The Hall–Kier alpha value is -4.76. The summed E-state index contributed by atoms with van der Waals surface area (Å²) in [6, 6.07) is 16.0. The Morgan fingerprint density at radius 3 is 2.42 bits per heavy atom. The summed E-state index contributed by atoms with van der Waals surface area (Å²) in [5, 5.41) is 10.0. The molecule has 0 spiro atoms. The van der Waals surface area contributed by atoms with Crippen LogP contribution in [-0.4, -0.2) is 28.7 Å². The number of aromatic hydroxyl groups is 1. The number of halogens is 2. The van der Waals surface area contributed by atoms with Crippen LogP contribution in [0.4, 0.5) is 15.8 Å². The fourth-order valence-electron chi connectivity index (χ4n) is 8.85. The largest absolute Gasteiger partial charge is 0.508 e. The molecule has 3 fully saturated rings. The van der Waals surface area contributed by atoms with E-state index in [4.69, 9.17) is 16.3 Å². The molecule has 10 heteroatoms. The second-order valence-corrected chi connectivity index (χ2v) is 14.0. The van der Waals surface area contributed by atoms with Gasteiger partial charge in [-0.3, -0.25) is 24.1 Å². The normalized spacial score (nSPS) is 29.1. The van der Waals surface area contributed by atoms with E-state index in [1.807, 2.05) is 25.1 Å². The van der Waals surface area contributed by atoms with E-state index in [0.717, 1.165) is 39.7 Å². The lowest BCUT2D eigenvalue weighted by Crippen LogP contribution is -2.51. The molecule has 3 heterocycles. The lowest BCUT2D eigenvalue weighted by atomic mass is 9.51. The minimum atomic E-state index is -1.29. The van der Waals surface area contributed by atoms with Crippen molar-refractivity contribution in [1.82, 2.24) is 0 Å². The molecule has 2 aliphatic carbocycles. The first-order valence-electron chi connectivity index (χ1n) is 16.2. The molecular formula is C38H32ClFN2O6. The number of ether oxygens (including phenoxy) is 1. The molecule has 4 amide bonds. The molecule has 0 aromatic heterocycles. The number of carbonyl (C=O) groups excluding carboxylic acids is 4. The summed E-state index contributed by atoms with van der Waals surface area (Å²) in [6.45, 7) is 3.81. The lowest BCUT2D eigenvalue weighted by Gasteiger charge is -2.49. The third kappa shape index (κ3) is 4.26. The van der Waals surface area contributed by atoms with Gasteiger partial charge in [-0.25, -0.2) is 9.29 Å². The fourth-order valence-corrected chi connectivity index (χ4v) is 9.03. The molecule has 1 saturated carbocycles. The number of phenolic OH excluding ortho intramolecular Hbond substituents is 1. The van der Waals surface area contributed by atoms with Gasteiger partial charge in [0.2, 0.25) is 23.6 Å². The van der Waals surface area contributed by atoms with E-state index in [1.54, 1.807) is 37.5 Å². The number of imide groups is 2. The molecule has 6 atom stereocenters. The smallest absolute Gasteiger partial charge is 0.241 e. The summed E-state index contributed by atoms with van der Waals surface area (Å²) in [7, 11) is 0. The van der Waals surface area contributed by atoms with Gasteiger partial charge in [-0.15, -0.1) is 0 Å². The Balaban J connectivity index is 1.24. The summed E-state index contributed by atoms with van der Waals surface area (Å²) < 4.78 is 20.2. The van der Waals surface area contributed by atoms with Crippen molar-refractivity contribution in [2.45, 2.75) is 39.5 Å². The van der Waals surface area contributed by atoms with Crippen LogP contribution in [0.1, 0.15) is 37.8 Å². The molecule has 0 bridgehead atoms. The zero-order valence-corrected chi connectivity index (χ0v) is 27.0. The summed E-state index contributed by atoms with van der Waals surface area (Å²) in [5.41, 5.74) is 2.74. The predicted molar refractivity (Wildman–Crippen MR) is 176 cm³/mol. The molecule has 1 N–H and O–H groups in total. The third-order valence-electron chi connectivity index (χ3n) is 11.2. The first kappa shape index (κ1) is 30.6. The first-order chi connectivity index (χ1) is 23.0. The number of aryl methyl sites for hydroxylation is 1. The molecule has 0 unspecified atom stereocenters. The van der Waals surface area contributed by atoms with Crippen LogP contribution < -0.4 is 14.5 Å². The maximum atomic E-state index is 14.6. The van der Waals surface area contributed by atoms with Crippen LogP contribution in [0, 0.1) is 40.8 Å². The first-order valence-corrected chi connectivity index (χ1v) is 16.6. The Kier molecular flexibility index (Phi) is 6.93. The van der Waals surface area contributed by atoms with Gasteiger partial charge in [0.05, 0.1) is 45.8 Å². The van der Waals surface area contributed by atoms with Crippen LogP contribution in [-0.2, 0) is 32.0 Å². The minimum Gasteiger partial charge on any atom is -0.508 e. The second-order valence-electron chi connectivity index (χ2n) is 13.6. The third-order valence-corrected chi connectivity index (χ3v) is 11.5. The Bertz CT molecular complexity index is 2010. The van der Waals surface area contributed by atoms with Gasteiger partial charge in [0, 0.05) is 17.9 Å².